The van der Waals surface area contributed by atoms with Crippen LogP contribution >= 0.6 is 11.6 Å². The summed E-state index contributed by atoms with van der Waals surface area (Å²) in [7, 11) is -3.50. The molecule has 0 aliphatic rings. The largest absolute Gasteiger partial charge is 0.346 e. The van der Waals surface area contributed by atoms with Gasteiger partial charge >= 0.3 is 6.03 Å². The minimum Gasteiger partial charge on any atom is -0.322 e. The molecule has 0 atom stereocenters. The molecule has 0 fully saturated rings. The molecule has 0 aliphatic heterocycles. The number of hydrogen-bond acceptors (Lipinski definition) is 5. The van der Waals surface area contributed by atoms with Crippen LogP contribution in [0.15, 0.2) is 11.5 Å². The van der Waals surface area contributed by atoms with Gasteiger partial charge in [-0.25, -0.2) is 18.2 Å². The van der Waals surface area contributed by atoms with Gasteiger partial charge in [0.15, 0.2) is 0 Å². The Morgan fingerprint density at radius 3 is 2.67 bits per heavy atom. The van der Waals surface area contributed by atoms with Crippen LogP contribution in [-0.2, 0) is 9.84 Å². The number of nitrogens with zero attached hydrogens (tertiary/aromatic N) is 4. The molecule has 1 amide bonds. The maximum atomic E-state index is 11.9. The fourth-order valence-corrected chi connectivity index (χ4v) is 2.13. The Balaban J connectivity index is 2.95. The highest BCUT2D eigenvalue weighted by Gasteiger charge is 2.21. The van der Waals surface area contributed by atoms with Crippen molar-refractivity contribution in [2.75, 3.05) is 24.7 Å². The molecule has 102 valence electrons. The van der Waals surface area contributed by atoms with E-state index in [1.54, 1.807) is 6.92 Å². The highest BCUT2D eigenvalue weighted by atomic mass is 35.5. The van der Waals surface area contributed by atoms with Crippen LogP contribution in [0.2, 0.25) is 0 Å². The molecule has 1 aromatic rings. The van der Waals surface area contributed by atoms with Gasteiger partial charge in [0.25, 0.3) is 5.16 Å². The summed E-state index contributed by atoms with van der Waals surface area (Å²) in [6, 6.07) is -0.441. The van der Waals surface area contributed by atoms with E-state index in [-0.39, 0.29) is 10.9 Å². The zero-order chi connectivity index (χ0) is 13.8. The van der Waals surface area contributed by atoms with Crippen LogP contribution in [0.3, 0.4) is 0 Å². The summed E-state index contributed by atoms with van der Waals surface area (Å²) in [4.78, 5) is 17.0. The third-order valence-electron chi connectivity index (χ3n) is 2.33. The fraction of sp³-hybridized carbons (Fsp3) is 0.667. The Bertz CT molecular complexity index is 514. The topological polar surface area (TPSA) is 85.2 Å². The first kappa shape index (κ1) is 14.9. The summed E-state index contributed by atoms with van der Waals surface area (Å²) in [6.45, 7) is 4.11. The summed E-state index contributed by atoms with van der Waals surface area (Å²) in [5.41, 5.74) is 0. The van der Waals surface area contributed by atoms with Gasteiger partial charge in [0.05, 0.1) is 5.75 Å². The molecule has 7 nitrogen and oxygen atoms in total. The summed E-state index contributed by atoms with van der Waals surface area (Å²) in [6.07, 6.45) is 1.10. The first-order valence-corrected chi connectivity index (χ1v) is 7.64. The summed E-state index contributed by atoms with van der Waals surface area (Å²) < 4.78 is 24.0. The highest BCUT2D eigenvalue weighted by Crippen LogP contribution is 2.04. The first-order chi connectivity index (χ1) is 8.46. The third-order valence-corrected chi connectivity index (χ3v) is 4.00. The SMILES string of the molecule is CCN(CCCl)C(=O)n1cnc(S(=O)(=O)CC)n1. The number of alkyl halides is 1. The highest BCUT2D eigenvalue weighted by molar-refractivity contribution is 7.91. The van der Waals surface area contributed by atoms with Gasteiger partial charge in [0.2, 0.25) is 9.84 Å². The number of halogens is 1. The van der Waals surface area contributed by atoms with Crippen molar-refractivity contribution in [3.8, 4) is 0 Å². The molecule has 1 heterocycles. The number of carbonyl (C=O) groups is 1. The van der Waals surface area contributed by atoms with E-state index in [1.165, 1.54) is 11.8 Å². The lowest BCUT2D eigenvalue weighted by Crippen LogP contribution is -2.36. The third kappa shape index (κ3) is 3.20. The van der Waals surface area contributed by atoms with Crippen molar-refractivity contribution in [2.24, 2.45) is 0 Å². The van der Waals surface area contributed by atoms with E-state index in [9.17, 15) is 13.2 Å². The summed E-state index contributed by atoms with van der Waals surface area (Å²) in [5, 5.41) is 3.35. The predicted octanol–water partition coefficient (Wildman–Crippen LogP) is 0.601. The molecule has 0 spiro atoms. The standard InChI is InChI=1S/C9H15ClN4O3S/c1-3-13(6-5-10)9(15)14-7-11-8(12-14)18(16,17)4-2/h7H,3-6H2,1-2H3. The maximum Gasteiger partial charge on any atom is 0.346 e. The van der Waals surface area contributed by atoms with Gasteiger partial charge in [0, 0.05) is 19.0 Å². The van der Waals surface area contributed by atoms with Crippen molar-refractivity contribution in [2.45, 2.75) is 19.0 Å². The molecule has 0 aromatic carbocycles. The number of hydrogen-bond donors (Lipinski definition) is 0. The number of amides is 1. The van der Waals surface area contributed by atoms with Gasteiger partial charge in [-0.05, 0) is 6.92 Å². The second-order valence-corrected chi connectivity index (χ2v) is 5.98. The van der Waals surface area contributed by atoms with E-state index in [1.807, 2.05) is 0 Å². The molecule has 0 bridgehead atoms. The van der Waals surface area contributed by atoms with Gasteiger partial charge in [0.1, 0.15) is 6.33 Å². The van der Waals surface area contributed by atoms with Crippen molar-refractivity contribution < 1.29 is 13.2 Å². The number of aromatic nitrogens is 3. The number of rotatable bonds is 5. The normalized spacial score (nSPS) is 11.5. The molecule has 0 saturated heterocycles. The number of carbonyl (C=O) groups excluding carboxylic acids is 1. The van der Waals surface area contributed by atoms with Crippen LogP contribution in [0.5, 0.6) is 0 Å². The van der Waals surface area contributed by atoms with E-state index < -0.39 is 15.9 Å². The van der Waals surface area contributed by atoms with Crippen LogP contribution in [0.1, 0.15) is 13.8 Å². The lowest BCUT2D eigenvalue weighted by molar-refractivity contribution is 0.201. The Kier molecular flexibility index (Phi) is 5.09. The van der Waals surface area contributed by atoms with Crippen molar-refractivity contribution in [3.05, 3.63) is 6.33 Å². The second kappa shape index (κ2) is 6.14. The lowest BCUT2D eigenvalue weighted by Gasteiger charge is -2.18. The molecule has 0 saturated carbocycles. The molecule has 0 unspecified atom stereocenters. The van der Waals surface area contributed by atoms with Crippen molar-refractivity contribution >= 4 is 27.5 Å². The monoisotopic (exact) mass is 294 g/mol. The zero-order valence-electron chi connectivity index (χ0n) is 10.2. The maximum absolute atomic E-state index is 11.9. The number of sulfone groups is 1. The van der Waals surface area contributed by atoms with E-state index in [0.29, 0.717) is 19.0 Å². The molecule has 9 heteroatoms. The van der Waals surface area contributed by atoms with Crippen molar-refractivity contribution in [1.82, 2.24) is 19.7 Å². The van der Waals surface area contributed by atoms with Gasteiger partial charge in [-0.15, -0.1) is 16.7 Å². The van der Waals surface area contributed by atoms with Crippen LogP contribution < -0.4 is 0 Å². The summed E-state index contributed by atoms with van der Waals surface area (Å²) in [5.74, 6) is 0.193. The smallest absolute Gasteiger partial charge is 0.322 e. The molecule has 0 aliphatic carbocycles. The van der Waals surface area contributed by atoms with E-state index in [2.05, 4.69) is 10.1 Å². The zero-order valence-corrected chi connectivity index (χ0v) is 11.8. The van der Waals surface area contributed by atoms with Gasteiger partial charge < -0.3 is 4.90 Å². The molecule has 0 N–H and O–H groups in total. The van der Waals surface area contributed by atoms with Gasteiger partial charge in [-0.3, -0.25) is 0 Å². The molecule has 18 heavy (non-hydrogen) atoms. The Labute approximate surface area is 111 Å². The van der Waals surface area contributed by atoms with Crippen LogP contribution in [-0.4, -0.2) is 58.8 Å². The minimum absolute atomic E-state index is 0.107. The van der Waals surface area contributed by atoms with E-state index in [0.717, 1.165) is 11.0 Å². The van der Waals surface area contributed by atoms with Crippen molar-refractivity contribution in [1.29, 1.82) is 0 Å². The van der Waals surface area contributed by atoms with E-state index >= 15 is 0 Å². The van der Waals surface area contributed by atoms with Crippen LogP contribution in [0, 0.1) is 0 Å². The van der Waals surface area contributed by atoms with Gasteiger partial charge in [-0.2, -0.15) is 4.68 Å². The molecular formula is C9H15ClN4O3S. The van der Waals surface area contributed by atoms with E-state index in [4.69, 9.17) is 11.6 Å². The average Bonchev–Trinajstić information content (AvgIpc) is 2.85. The lowest BCUT2D eigenvalue weighted by atomic mass is 10.5. The molecular weight excluding hydrogens is 280 g/mol. The molecule has 0 radical (unpaired) electrons. The second-order valence-electron chi connectivity index (χ2n) is 3.43. The van der Waals surface area contributed by atoms with Crippen LogP contribution in [0.4, 0.5) is 4.79 Å². The predicted molar refractivity (Wildman–Crippen MR) is 66.5 cm³/mol. The first-order valence-electron chi connectivity index (χ1n) is 5.46. The Hall–Kier alpha value is -1.15. The quantitative estimate of drug-likeness (QED) is 0.742. The molecule has 1 rings (SSSR count). The molecule has 1 aromatic heterocycles. The minimum atomic E-state index is -3.50. The summed E-state index contributed by atoms with van der Waals surface area (Å²) >= 11 is 5.57. The average molecular weight is 295 g/mol. The van der Waals surface area contributed by atoms with Crippen molar-refractivity contribution in [3.63, 3.8) is 0 Å². The van der Waals surface area contributed by atoms with Crippen LogP contribution in [0.25, 0.3) is 0 Å². The Morgan fingerprint density at radius 1 is 1.50 bits per heavy atom. The van der Waals surface area contributed by atoms with Gasteiger partial charge in [-0.1, -0.05) is 6.92 Å². The Morgan fingerprint density at radius 2 is 2.17 bits per heavy atom. The fourth-order valence-electron chi connectivity index (χ4n) is 1.25.